The standard InChI is InChI=1S/C23H22O6/c1-13-5-7-16(8-6-13)19(24)12-28-20-10-9-17-14(2)18(11-21(25)27-4)23(26)29-22(17)15(20)3/h5-10H,11-12H2,1-4H3. The van der Waals surface area contributed by atoms with E-state index in [1.54, 1.807) is 38.1 Å². The molecular weight excluding hydrogens is 372 g/mol. The van der Waals surface area contributed by atoms with Gasteiger partial charge < -0.3 is 13.9 Å². The maximum Gasteiger partial charge on any atom is 0.340 e. The number of fused-ring (bicyclic) bond motifs is 1. The lowest BCUT2D eigenvalue weighted by molar-refractivity contribution is -0.139. The largest absolute Gasteiger partial charge is 0.485 e. The van der Waals surface area contributed by atoms with Gasteiger partial charge in [-0.2, -0.15) is 0 Å². The smallest absolute Gasteiger partial charge is 0.340 e. The van der Waals surface area contributed by atoms with E-state index >= 15 is 0 Å². The predicted octanol–water partition coefficient (Wildman–Crippen LogP) is 3.70. The van der Waals surface area contributed by atoms with Gasteiger partial charge in [-0.3, -0.25) is 9.59 Å². The van der Waals surface area contributed by atoms with Crippen LogP contribution in [0.1, 0.15) is 32.6 Å². The number of carbonyl (C=O) groups excluding carboxylic acids is 2. The van der Waals surface area contributed by atoms with E-state index in [0.717, 1.165) is 5.56 Å². The van der Waals surface area contributed by atoms with Gasteiger partial charge in [0.1, 0.15) is 11.3 Å². The van der Waals surface area contributed by atoms with Crippen molar-refractivity contribution in [3.8, 4) is 5.75 Å². The number of rotatable bonds is 6. The van der Waals surface area contributed by atoms with Crippen molar-refractivity contribution < 1.29 is 23.5 Å². The average molecular weight is 394 g/mol. The topological polar surface area (TPSA) is 82.8 Å². The van der Waals surface area contributed by atoms with Crippen molar-refractivity contribution in [3.63, 3.8) is 0 Å². The number of hydrogen-bond acceptors (Lipinski definition) is 6. The Balaban J connectivity index is 1.89. The zero-order valence-electron chi connectivity index (χ0n) is 16.8. The second kappa shape index (κ2) is 8.31. The predicted molar refractivity (Wildman–Crippen MR) is 109 cm³/mol. The fraction of sp³-hybridized carbons (Fsp3) is 0.261. The van der Waals surface area contributed by atoms with Crippen LogP contribution in [-0.4, -0.2) is 25.5 Å². The molecule has 150 valence electrons. The Morgan fingerprint density at radius 3 is 2.31 bits per heavy atom. The molecule has 6 heteroatoms. The summed E-state index contributed by atoms with van der Waals surface area (Å²) in [4.78, 5) is 36.3. The van der Waals surface area contributed by atoms with Gasteiger partial charge in [0, 0.05) is 16.5 Å². The van der Waals surface area contributed by atoms with Gasteiger partial charge in [0.15, 0.2) is 12.4 Å². The summed E-state index contributed by atoms with van der Waals surface area (Å²) in [6.07, 6.45) is -0.150. The van der Waals surface area contributed by atoms with Crippen molar-refractivity contribution in [2.75, 3.05) is 13.7 Å². The molecule has 3 aromatic rings. The molecule has 0 atom stereocenters. The fourth-order valence-corrected chi connectivity index (χ4v) is 3.11. The lowest BCUT2D eigenvalue weighted by Crippen LogP contribution is -2.16. The van der Waals surface area contributed by atoms with Crippen LogP contribution < -0.4 is 10.4 Å². The van der Waals surface area contributed by atoms with Crippen LogP contribution in [0.5, 0.6) is 5.75 Å². The molecule has 0 bridgehead atoms. The first-order valence-corrected chi connectivity index (χ1v) is 9.17. The molecule has 0 spiro atoms. The van der Waals surface area contributed by atoms with Gasteiger partial charge in [-0.15, -0.1) is 0 Å². The quantitative estimate of drug-likeness (QED) is 0.360. The highest BCUT2D eigenvalue weighted by molar-refractivity contribution is 5.97. The molecule has 0 N–H and O–H groups in total. The second-order valence-corrected chi connectivity index (χ2v) is 6.89. The van der Waals surface area contributed by atoms with Crippen molar-refractivity contribution >= 4 is 22.7 Å². The van der Waals surface area contributed by atoms with Gasteiger partial charge in [0.25, 0.3) is 0 Å². The molecule has 0 unspecified atom stereocenters. The molecule has 6 nitrogen and oxygen atoms in total. The third kappa shape index (κ3) is 4.21. The van der Waals surface area contributed by atoms with Gasteiger partial charge in [0.2, 0.25) is 0 Å². The molecule has 1 aromatic heterocycles. The van der Waals surface area contributed by atoms with Gasteiger partial charge in [0.05, 0.1) is 19.1 Å². The zero-order chi connectivity index (χ0) is 21.1. The highest BCUT2D eigenvalue weighted by Gasteiger charge is 2.18. The molecule has 0 radical (unpaired) electrons. The van der Waals surface area contributed by atoms with Gasteiger partial charge in [-0.25, -0.2) is 4.79 Å². The number of hydrogen-bond donors (Lipinski definition) is 0. The average Bonchev–Trinajstić information content (AvgIpc) is 2.71. The minimum Gasteiger partial charge on any atom is -0.485 e. The lowest BCUT2D eigenvalue weighted by atomic mass is 10.0. The van der Waals surface area contributed by atoms with Crippen molar-refractivity contribution in [3.05, 3.63) is 74.6 Å². The molecule has 0 aliphatic carbocycles. The first-order valence-electron chi connectivity index (χ1n) is 9.17. The number of ketones is 1. The Morgan fingerprint density at radius 1 is 0.966 bits per heavy atom. The van der Waals surface area contributed by atoms with E-state index in [9.17, 15) is 14.4 Å². The molecule has 2 aromatic carbocycles. The SMILES string of the molecule is COC(=O)Cc1c(C)c2ccc(OCC(=O)c3ccc(C)cc3)c(C)c2oc1=O. The summed E-state index contributed by atoms with van der Waals surface area (Å²) in [7, 11) is 1.27. The van der Waals surface area contributed by atoms with Crippen LogP contribution in [0.3, 0.4) is 0 Å². The number of aryl methyl sites for hydroxylation is 3. The zero-order valence-corrected chi connectivity index (χ0v) is 16.8. The van der Waals surface area contributed by atoms with Crippen molar-refractivity contribution in [2.45, 2.75) is 27.2 Å². The summed E-state index contributed by atoms with van der Waals surface area (Å²) in [5.41, 5.74) is 2.98. The van der Waals surface area contributed by atoms with E-state index in [-0.39, 0.29) is 24.4 Å². The first kappa shape index (κ1) is 20.3. The Bertz CT molecular complexity index is 1140. The number of Topliss-reactive ketones (excluding diaryl/α,β-unsaturated/α-hetero) is 1. The minimum absolute atomic E-state index is 0.126. The molecule has 29 heavy (non-hydrogen) atoms. The summed E-state index contributed by atoms with van der Waals surface area (Å²) >= 11 is 0. The number of ether oxygens (including phenoxy) is 2. The normalized spacial score (nSPS) is 10.8. The van der Waals surface area contributed by atoms with Crippen LogP contribution in [0.2, 0.25) is 0 Å². The second-order valence-electron chi connectivity index (χ2n) is 6.89. The van der Waals surface area contributed by atoms with Crippen LogP contribution in [0.4, 0.5) is 0 Å². The number of esters is 1. The Labute approximate surface area is 168 Å². The van der Waals surface area contributed by atoms with Crippen molar-refractivity contribution in [2.24, 2.45) is 0 Å². The van der Waals surface area contributed by atoms with E-state index in [2.05, 4.69) is 4.74 Å². The van der Waals surface area contributed by atoms with E-state index in [4.69, 9.17) is 9.15 Å². The van der Waals surface area contributed by atoms with E-state index in [1.165, 1.54) is 7.11 Å². The van der Waals surface area contributed by atoms with E-state index in [1.807, 2.05) is 19.1 Å². The van der Waals surface area contributed by atoms with Crippen molar-refractivity contribution in [1.82, 2.24) is 0 Å². The summed E-state index contributed by atoms with van der Waals surface area (Å²) in [6.45, 7) is 5.35. The highest BCUT2D eigenvalue weighted by Crippen LogP contribution is 2.29. The molecule has 0 amide bonds. The Hall–Kier alpha value is -3.41. The monoisotopic (exact) mass is 394 g/mol. The molecule has 1 heterocycles. The summed E-state index contributed by atoms with van der Waals surface area (Å²) < 4.78 is 15.8. The highest BCUT2D eigenvalue weighted by atomic mass is 16.5. The van der Waals surface area contributed by atoms with E-state index in [0.29, 0.717) is 33.4 Å². The maximum atomic E-state index is 12.4. The summed E-state index contributed by atoms with van der Waals surface area (Å²) in [5, 5.41) is 0.707. The number of methoxy groups -OCH3 is 1. The van der Waals surface area contributed by atoms with Gasteiger partial charge >= 0.3 is 11.6 Å². The Morgan fingerprint density at radius 2 is 1.66 bits per heavy atom. The van der Waals surface area contributed by atoms with Crippen LogP contribution in [0, 0.1) is 20.8 Å². The molecular formula is C23H22O6. The molecule has 0 aliphatic rings. The Kier molecular flexibility index (Phi) is 5.82. The van der Waals surface area contributed by atoms with Gasteiger partial charge in [-0.1, -0.05) is 29.8 Å². The van der Waals surface area contributed by atoms with Crippen molar-refractivity contribution in [1.29, 1.82) is 0 Å². The maximum absolute atomic E-state index is 12.4. The third-order valence-corrected chi connectivity index (χ3v) is 4.94. The molecule has 0 saturated carbocycles. The molecule has 0 fully saturated rings. The van der Waals surface area contributed by atoms with Crippen LogP contribution in [0.15, 0.2) is 45.6 Å². The summed E-state index contributed by atoms with van der Waals surface area (Å²) in [5.74, 6) is -0.192. The van der Waals surface area contributed by atoms with Crippen LogP contribution in [0.25, 0.3) is 11.0 Å². The number of benzene rings is 2. The minimum atomic E-state index is -0.587. The number of carbonyl (C=O) groups is 2. The van der Waals surface area contributed by atoms with E-state index < -0.39 is 11.6 Å². The first-order chi connectivity index (χ1) is 13.8. The molecule has 0 aliphatic heterocycles. The molecule has 0 saturated heterocycles. The van der Waals surface area contributed by atoms with Crippen LogP contribution >= 0.6 is 0 Å². The summed E-state index contributed by atoms with van der Waals surface area (Å²) in [6, 6.07) is 10.8. The lowest BCUT2D eigenvalue weighted by Gasteiger charge is -2.13. The molecule has 3 rings (SSSR count). The fourth-order valence-electron chi connectivity index (χ4n) is 3.11. The van der Waals surface area contributed by atoms with Gasteiger partial charge in [-0.05, 0) is 38.5 Å². The third-order valence-electron chi connectivity index (χ3n) is 4.94. The van der Waals surface area contributed by atoms with Crippen LogP contribution in [-0.2, 0) is 16.0 Å².